The zero-order valence-corrected chi connectivity index (χ0v) is 15.8. The molecule has 0 atom stereocenters. The van der Waals surface area contributed by atoms with Crippen molar-refractivity contribution in [2.24, 2.45) is 0 Å². The molecule has 152 valence electrons. The second-order valence-electron chi connectivity index (χ2n) is 5.91. The molecule has 0 saturated heterocycles. The van der Waals surface area contributed by atoms with Crippen LogP contribution in [0.4, 0.5) is 18.9 Å². The normalized spacial score (nSPS) is 11.2. The van der Waals surface area contributed by atoms with E-state index in [0.717, 1.165) is 22.7 Å². The minimum absolute atomic E-state index is 0.0413. The standard InChI is InChI=1S/C17H15BF3N3O4S/c1-29(27,28)24(13-6-4-12(18)5-7-13)9-11-3-2-10(8-14(11)19)16(25)22-23-17(26)15(20)21/h2-8,15H,9H2,1H3,(H,22,25)(H,23,26). The highest BCUT2D eigenvalue weighted by Crippen LogP contribution is 2.21. The van der Waals surface area contributed by atoms with Crippen molar-refractivity contribution in [2.45, 2.75) is 13.0 Å². The largest absolute Gasteiger partial charge is 0.317 e. The van der Waals surface area contributed by atoms with E-state index >= 15 is 0 Å². The number of benzene rings is 2. The molecule has 0 unspecified atom stereocenters. The quantitative estimate of drug-likeness (QED) is 0.524. The number of halogens is 3. The van der Waals surface area contributed by atoms with Crippen LogP contribution in [0, 0.1) is 5.82 Å². The number of carbonyl (C=O) groups is 2. The van der Waals surface area contributed by atoms with Gasteiger partial charge in [-0.3, -0.25) is 24.7 Å². The number of carbonyl (C=O) groups excluding carboxylic acids is 2. The number of hydrogen-bond acceptors (Lipinski definition) is 4. The van der Waals surface area contributed by atoms with Crippen molar-refractivity contribution in [3.8, 4) is 0 Å². The first-order valence-corrected chi connectivity index (χ1v) is 9.84. The number of alkyl halides is 2. The van der Waals surface area contributed by atoms with Crippen molar-refractivity contribution < 1.29 is 31.2 Å². The minimum atomic E-state index is -3.77. The van der Waals surface area contributed by atoms with Gasteiger partial charge in [-0.1, -0.05) is 23.7 Å². The number of amides is 2. The Morgan fingerprint density at radius 2 is 1.72 bits per heavy atom. The maximum absolute atomic E-state index is 14.4. The van der Waals surface area contributed by atoms with E-state index in [1.807, 2.05) is 0 Å². The van der Waals surface area contributed by atoms with Gasteiger partial charge < -0.3 is 0 Å². The minimum Gasteiger partial charge on any atom is -0.267 e. The van der Waals surface area contributed by atoms with E-state index in [1.54, 1.807) is 5.43 Å². The Morgan fingerprint density at radius 1 is 1.10 bits per heavy atom. The number of anilines is 1. The van der Waals surface area contributed by atoms with Crippen LogP contribution in [0.5, 0.6) is 0 Å². The zero-order chi connectivity index (χ0) is 21.8. The van der Waals surface area contributed by atoms with Gasteiger partial charge in [0.25, 0.3) is 5.91 Å². The summed E-state index contributed by atoms with van der Waals surface area (Å²) in [6.07, 6.45) is -2.38. The van der Waals surface area contributed by atoms with E-state index < -0.39 is 34.1 Å². The maximum atomic E-state index is 14.4. The summed E-state index contributed by atoms with van der Waals surface area (Å²) in [5.41, 5.74) is 3.58. The molecule has 0 aliphatic heterocycles. The summed E-state index contributed by atoms with van der Waals surface area (Å²) in [6, 6.07) is 9.03. The van der Waals surface area contributed by atoms with Crippen molar-refractivity contribution in [1.82, 2.24) is 10.9 Å². The van der Waals surface area contributed by atoms with Gasteiger partial charge in [-0.2, -0.15) is 8.78 Å². The predicted molar refractivity (Wildman–Crippen MR) is 101 cm³/mol. The monoisotopic (exact) mass is 425 g/mol. The van der Waals surface area contributed by atoms with E-state index in [1.165, 1.54) is 35.8 Å². The topological polar surface area (TPSA) is 95.6 Å². The highest BCUT2D eigenvalue weighted by Gasteiger charge is 2.21. The zero-order valence-electron chi connectivity index (χ0n) is 15.0. The molecule has 0 aromatic heterocycles. The van der Waals surface area contributed by atoms with Gasteiger partial charge in [-0.25, -0.2) is 12.8 Å². The Bertz CT molecular complexity index is 1020. The Kier molecular flexibility index (Phi) is 6.91. The fourth-order valence-electron chi connectivity index (χ4n) is 2.26. The highest BCUT2D eigenvalue weighted by molar-refractivity contribution is 7.92. The number of rotatable bonds is 6. The third-order valence-electron chi connectivity index (χ3n) is 3.71. The highest BCUT2D eigenvalue weighted by atomic mass is 32.2. The summed E-state index contributed by atoms with van der Waals surface area (Å²) in [7, 11) is 1.81. The van der Waals surface area contributed by atoms with E-state index in [-0.39, 0.29) is 23.4 Å². The van der Waals surface area contributed by atoms with Crippen LogP contribution in [0.25, 0.3) is 0 Å². The average Bonchev–Trinajstić information content (AvgIpc) is 2.64. The van der Waals surface area contributed by atoms with Crippen molar-refractivity contribution in [3.05, 3.63) is 59.4 Å². The van der Waals surface area contributed by atoms with Gasteiger partial charge in [0.15, 0.2) is 0 Å². The molecule has 2 N–H and O–H groups in total. The van der Waals surface area contributed by atoms with Gasteiger partial charge >= 0.3 is 12.3 Å². The predicted octanol–water partition coefficient (Wildman–Crippen LogP) is 0.612. The molecule has 0 fully saturated rings. The van der Waals surface area contributed by atoms with Crippen molar-refractivity contribution in [3.63, 3.8) is 0 Å². The lowest BCUT2D eigenvalue weighted by molar-refractivity contribution is -0.132. The molecule has 2 radical (unpaired) electrons. The smallest absolute Gasteiger partial charge is 0.267 e. The summed E-state index contributed by atoms with van der Waals surface area (Å²) >= 11 is 0. The molecule has 0 bridgehead atoms. The van der Waals surface area contributed by atoms with Gasteiger partial charge in [0.2, 0.25) is 10.0 Å². The number of nitrogens with one attached hydrogen (secondary N) is 2. The Hall–Kier alpha value is -3.02. The third-order valence-corrected chi connectivity index (χ3v) is 4.85. The Morgan fingerprint density at radius 3 is 2.24 bits per heavy atom. The molecule has 0 spiro atoms. The summed E-state index contributed by atoms with van der Waals surface area (Å²) in [5, 5.41) is 0. The molecule has 2 amide bonds. The van der Waals surface area contributed by atoms with Gasteiger partial charge in [0, 0.05) is 11.1 Å². The molecular formula is C17H15BF3N3O4S. The molecule has 12 heteroatoms. The van der Waals surface area contributed by atoms with Crippen molar-refractivity contribution in [1.29, 1.82) is 0 Å². The number of nitrogens with zero attached hydrogens (tertiary/aromatic N) is 1. The van der Waals surface area contributed by atoms with Gasteiger partial charge in [-0.05, 0) is 24.3 Å². The van der Waals surface area contributed by atoms with E-state index in [2.05, 4.69) is 0 Å². The third kappa shape index (κ3) is 5.98. The lowest BCUT2D eigenvalue weighted by atomic mass is 9.96. The molecule has 0 heterocycles. The number of sulfonamides is 1. The molecule has 29 heavy (non-hydrogen) atoms. The van der Waals surface area contributed by atoms with Crippen LogP contribution < -0.4 is 20.6 Å². The Labute approximate surface area is 166 Å². The molecule has 2 aromatic carbocycles. The van der Waals surface area contributed by atoms with Crippen LogP contribution in [0.3, 0.4) is 0 Å². The molecule has 7 nitrogen and oxygen atoms in total. The summed E-state index contributed by atoms with van der Waals surface area (Å²) in [6.45, 7) is -0.362. The molecule has 0 aliphatic carbocycles. The summed E-state index contributed by atoms with van der Waals surface area (Å²) in [5.74, 6) is -3.65. The lowest BCUT2D eigenvalue weighted by Crippen LogP contribution is -2.44. The first-order valence-electron chi connectivity index (χ1n) is 7.99. The molecule has 0 saturated carbocycles. The van der Waals surface area contributed by atoms with Gasteiger partial charge in [0.05, 0.1) is 18.5 Å². The second-order valence-corrected chi connectivity index (χ2v) is 7.82. The molecule has 2 rings (SSSR count). The fraction of sp³-hybridized carbons (Fsp3) is 0.176. The van der Waals surface area contributed by atoms with E-state index in [4.69, 9.17) is 7.85 Å². The lowest BCUT2D eigenvalue weighted by Gasteiger charge is -2.23. The fourth-order valence-corrected chi connectivity index (χ4v) is 3.14. The SMILES string of the molecule is [B]c1ccc(N(Cc2ccc(C(=O)NNC(=O)C(F)F)cc2F)S(C)(=O)=O)cc1. The molecule has 0 aliphatic rings. The first kappa shape index (κ1) is 22.3. The average molecular weight is 425 g/mol. The maximum Gasteiger partial charge on any atom is 0.317 e. The van der Waals surface area contributed by atoms with Crippen LogP contribution in [-0.4, -0.2) is 40.8 Å². The number of hydrazine groups is 1. The van der Waals surface area contributed by atoms with Crippen LogP contribution in [0.1, 0.15) is 15.9 Å². The van der Waals surface area contributed by atoms with Crippen molar-refractivity contribution in [2.75, 3.05) is 10.6 Å². The first-order chi connectivity index (χ1) is 13.5. The van der Waals surface area contributed by atoms with Crippen molar-refractivity contribution >= 4 is 40.8 Å². The van der Waals surface area contributed by atoms with Crippen LogP contribution in [0.2, 0.25) is 0 Å². The summed E-state index contributed by atoms with van der Waals surface area (Å²) < 4.78 is 63.8. The van der Waals surface area contributed by atoms with Gasteiger partial charge in [0.1, 0.15) is 13.7 Å². The van der Waals surface area contributed by atoms with Crippen LogP contribution in [0.15, 0.2) is 42.5 Å². The Balaban J connectivity index is 2.21. The molecular weight excluding hydrogens is 410 g/mol. The summed E-state index contributed by atoms with van der Waals surface area (Å²) in [4.78, 5) is 22.6. The van der Waals surface area contributed by atoms with Gasteiger partial charge in [-0.15, -0.1) is 0 Å². The number of hydrogen-bond donors (Lipinski definition) is 2. The van der Waals surface area contributed by atoms with E-state index in [9.17, 15) is 31.2 Å². The molecule has 2 aromatic rings. The van der Waals surface area contributed by atoms with Crippen LogP contribution >= 0.6 is 0 Å². The van der Waals surface area contributed by atoms with Crippen LogP contribution in [-0.2, 0) is 21.4 Å². The second kappa shape index (κ2) is 8.99. The van der Waals surface area contributed by atoms with E-state index in [0.29, 0.717) is 5.46 Å².